The molecule has 0 amide bonds. The number of carboxylic acids is 1. The SMILES string of the molecule is O=C(O)c1cnc(-n2cc(Cl)cn2)c([N+](=O)[O-])c1. The smallest absolute Gasteiger partial charge is 0.337 e. The molecule has 18 heavy (non-hydrogen) atoms. The van der Waals surface area contributed by atoms with Crippen LogP contribution in [-0.4, -0.2) is 30.8 Å². The van der Waals surface area contributed by atoms with Gasteiger partial charge in [0, 0.05) is 12.3 Å². The van der Waals surface area contributed by atoms with Crippen LogP contribution in [0.5, 0.6) is 0 Å². The molecule has 2 aromatic rings. The van der Waals surface area contributed by atoms with E-state index < -0.39 is 16.6 Å². The summed E-state index contributed by atoms with van der Waals surface area (Å²) in [7, 11) is 0. The van der Waals surface area contributed by atoms with Gasteiger partial charge in [0.1, 0.15) is 0 Å². The molecule has 2 aromatic heterocycles. The maximum absolute atomic E-state index is 10.9. The first-order valence-electron chi connectivity index (χ1n) is 4.57. The average Bonchev–Trinajstić information content (AvgIpc) is 2.74. The fraction of sp³-hybridized carbons (Fsp3) is 0. The predicted octanol–water partition coefficient (Wildman–Crippen LogP) is 1.53. The van der Waals surface area contributed by atoms with E-state index in [1.165, 1.54) is 12.4 Å². The number of carboxylic acid groups (broad SMARTS) is 1. The summed E-state index contributed by atoms with van der Waals surface area (Å²) in [5.41, 5.74) is -0.738. The molecular formula is C9H5ClN4O4. The van der Waals surface area contributed by atoms with Crippen molar-refractivity contribution in [2.24, 2.45) is 0 Å². The molecule has 0 bridgehead atoms. The van der Waals surface area contributed by atoms with Gasteiger partial charge in [0.2, 0.25) is 5.82 Å². The molecule has 2 rings (SSSR count). The Morgan fingerprint density at radius 3 is 2.72 bits per heavy atom. The molecule has 8 nitrogen and oxygen atoms in total. The topological polar surface area (TPSA) is 111 Å². The summed E-state index contributed by atoms with van der Waals surface area (Å²) in [6.45, 7) is 0. The number of nitrogens with zero attached hydrogens (tertiary/aromatic N) is 4. The van der Waals surface area contributed by atoms with Gasteiger partial charge in [0.25, 0.3) is 0 Å². The lowest BCUT2D eigenvalue weighted by atomic mass is 10.2. The van der Waals surface area contributed by atoms with Crippen molar-refractivity contribution in [3.8, 4) is 5.82 Å². The zero-order chi connectivity index (χ0) is 13.3. The summed E-state index contributed by atoms with van der Waals surface area (Å²) < 4.78 is 1.10. The van der Waals surface area contributed by atoms with Crippen LogP contribution in [0, 0.1) is 10.1 Å². The first-order chi connectivity index (χ1) is 8.49. The van der Waals surface area contributed by atoms with Crippen molar-refractivity contribution in [2.45, 2.75) is 0 Å². The molecule has 0 aliphatic rings. The third-order valence-corrected chi connectivity index (χ3v) is 2.25. The second-order valence-corrected chi connectivity index (χ2v) is 3.67. The number of aromatic nitrogens is 3. The van der Waals surface area contributed by atoms with Gasteiger partial charge in [-0.05, 0) is 0 Å². The molecule has 0 aromatic carbocycles. The standard InChI is InChI=1S/C9H5ClN4O4/c10-6-3-12-13(4-6)8-7(14(17)18)1-5(2-11-8)9(15)16/h1-4H,(H,15,16). The predicted molar refractivity (Wildman–Crippen MR) is 60.0 cm³/mol. The van der Waals surface area contributed by atoms with E-state index in [4.69, 9.17) is 16.7 Å². The summed E-state index contributed by atoms with van der Waals surface area (Å²) in [5.74, 6) is -1.40. The highest BCUT2D eigenvalue weighted by Crippen LogP contribution is 2.22. The first kappa shape index (κ1) is 12.0. The summed E-state index contributed by atoms with van der Waals surface area (Å²) in [4.78, 5) is 24.6. The minimum Gasteiger partial charge on any atom is -0.478 e. The van der Waals surface area contributed by atoms with Crippen LogP contribution in [0.25, 0.3) is 5.82 Å². The molecule has 0 atom stereocenters. The molecule has 92 valence electrons. The van der Waals surface area contributed by atoms with Crippen molar-refractivity contribution in [2.75, 3.05) is 0 Å². The van der Waals surface area contributed by atoms with Crippen molar-refractivity contribution in [1.29, 1.82) is 0 Å². The second kappa shape index (κ2) is 4.41. The number of hydrogen-bond donors (Lipinski definition) is 1. The van der Waals surface area contributed by atoms with Crippen LogP contribution in [-0.2, 0) is 0 Å². The monoisotopic (exact) mass is 268 g/mol. The largest absolute Gasteiger partial charge is 0.478 e. The Labute approximate surface area is 105 Å². The normalized spacial score (nSPS) is 10.3. The Morgan fingerprint density at radius 1 is 1.50 bits per heavy atom. The van der Waals surface area contributed by atoms with E-state index in [0.29, 0.717) is 0 Å². The van der Waals surface area contributed by atoms with E-state index in [9.17, 15) is 14.9 Å². The van der Waals surface area contributed by atoms with Crippen LogP contribution in [0.3, 0.4) is 0 Å². The molecule has 0 aliphatic carbocycles. The number of hydrogen-bond acceptors (Lipinski definition) is 5. The zero-order valence-corrected chi connectivity index (χ0v) is 9.40. The van der Waals surface area contributed by atoms with Crippen molar-refractivity contribution >= 4 is 23.3 Å². The Kier molecular flexibility index (Phi) is 2.94. The number of rotatable bonds is 3. The van der Waals surface area contributed by atoms with Gasteiger partial charge >= 0.3 is 11.7 Å². The lowest BCUT2D eigenvalue weighted by Crippen LogP contribution is -2.06. The van der Waals surface area contributed by atoms with Gasteiger partial charge in [-0.25, -0.2) is 14.5 Å². The summed E-state index contributed by atoms with van der Waals surface area (Å²) in [6, 6.07) is 0.917. The Hall–Kier alpha value is -2.48. The number of aromatic carboxylic acids is 1. The van der Waals surface area contributed by atoms with Gasteiger partial charge in [0.15, 0.2) is 0 Å². The fourth-order valence-corrected chi connectivity index (χ4v) is 1.43. The Balaban J connectivity index is 2.60. The Bertz CT molecular complexity index is 639. The van der Waals surface area contributed by atoms with E-state index in [-0.39, 0.29) is 16.4 Å². The Morgan fingerprint density at radius 2 is 2.22 bits per heavy atom. The van der Waals surface area contributed by atoms with E-state index in [0.717, 1.165) is 16.9 Å². The molecule has 9 heteroatoms. The third-order valence-electron chi connectivity index (χ3n) is 2.06. The lowest BCUT2D eigenvalue weighted by Gasteiger charge is -2.02. The van der Waals surface area contributed by atoms with Crippen molar-refractivity contribution < 1.29 is 14.8 Å². The molecule has 0 saturated carbocycles. The van der Waals surface area contributed by atoms with Crippen molar-refractivity contribution in [3.63, 3.8) is 0 Å². The van der Waals surface area contributed by atoms with Crippen molar-refractivity contribution in [3.05, 3.63) is 45.4 Å². The zero-order valence-electron chi connectivity index (χ0n) is 8.65. The van der Waals surface area contributed by atoms with E-state index in [1.54, 1.807) is 0 Å². The number of halogens is 1. The third kappa shape index (κ3) is 2.13. The molecule has 0 unspecified atom stereocenters. The quantitative estimate of drug-likeness (QED) is 0.667. The van der Waals surface area contributed by atoms with E-state index >= 15 is 0 Å². The van der Waals surface area contributed by atoms with Crippen LogP contribution >= 0.6 is 11.6 Å². The van der Waals surface area contributed by atoms with E-state index in [1.807, 2.05) is 0 Å². The number of nitro groups is 1. The first-order valence-corrected chi connectivity index (χ1v) is 4.95. The maximum Gasteiger partial charge on any atom is 0.337 e. The minimum absolute atomic E-state index is 0.100. The molecule has 0 saturated heterocycles. The molecule has 2 heterocycles. The van der Waals surface area contributed by atoms with Gasteiger partial charge in [-0.2, -0.15) is 5.10 Å². The minimum atomic E-state index is -1.30. The average molecular weight is 269 g/mol. The lowest BCUT2D eigenvalue weighted by molar-refractivity contribution is -0.385. The highest BCUT2D eigenvalue weighted by molar-refractivity contribution is 6.30. The second-order valence-electron chi connectivity index (χ2n) is 3.23. The molecule has 0 aliphatic heterocycles. The molecule has 1 N–H and O–H groups in total. The van der Waals surface area contributed by atoms with Crippen LogP contribution in [0.1, 0.15) is 10.4 Å². The summed E-state index contributed by atoms with van der Waals surface area (Å²) in [6.07, 6.45) is 3.63. The highest BCUT2D eigenvalue weighted by Gasteiger charge is 2.20. The van der Waals surface area contributed by atoms with Gasteiger partial charge in [-0.3, -0.25) is 10.1 Å². The summed E-state index contributed by atoms with van der Waals surface area (Å²) in [5, 5.41) is 23.7. The summed E-state index contributed by atoms with van der Waals surface area (Å²) >= 11 is 5.65. The number of carbonyl (C=O) groups is 1. The highest BCUT2D eigenvalue weighted by atomic mass is 35.5. The van der Waals surface area contributed by atoms with Crippen LogP contribution in [0.15, 0.2) is 24.7 Å². The van der Waals surface area contributed by atoms with Gasteiger partial charge in [0.05, 0.1) is 27.9 Å². The molecule has 0 fully saturated rings. The molecular weight excluding hydrogens is 264 g/mol. The van der Waals surface area contributed by atoms with E-state index in [2.05, 4.69) is 10.1 Å². The van der Waals surface area contributed by atoms with Gasteiger partial charge < -0.3 is 5.11 Å². The maximum atomic E-state index is 10.9. The molecule has 0 radical (unpaired) electrons. The van der Waals surface area contributed by atoms with Crippen molar-refractivity contribution in [1.82, 2.24) is 14.8 Å². The van der Waals surface area contributed by atoms with Gasteiger partial charge in [-0.1, -0.05) is 11.6 Å². The molecule has 0 spiro atoms. The number of pyridine rings is 1. The van der Waals surface area contributed by atoms with Gasteiger partial charge in [-0.15, -0.1) is 0 Å². The fourth-order valence-electron chi connectivity index (χ4n) is 1.29. The van der Waals surface area contributed by atoms with Crippen LogP contribution in [0.4, 0.5) is 5.69 Å². The van der Waals surface area contributed by atoms with Crippen LogP contribution in [0.2, 0.25) is 5.02 Å². The van der Waals surface area contributed by atoms with Crippen LogP contribution < -0.4 is 0 Å².